The van der Waals surface area contributed by atoms with Gasteiger partial charge in [0.05, 0.1) is 17.6 Å². The largest absolute Gasteiger partial charge is 0.309 e. The highest BCUT2D eigenvalue weighted by Gasteiger charge is 2.23. The van der Waals surface area contributed by atoms with Crippen LogP contribution in [0, 0.1) is 10.8 Å². The molecule has 1 aromatic carbocycles. The maximum absolute atomic E-state index is 12.5. The van der Waals surface area contributed by atoms with Gasteiger partial charge in [0.1, 0.15) is 0 Å². The number of hydrogen-bond acceptors (Lipinski definition) is 3. The van der Waals surface area contributed by atoms with Crippen LogP contribution in [0.5, 0.6) is 0 Å². The predicted molar refractivity (Wildman–Crippen MR) is 111 cm³/mol. The molecule has 6 heteroatoms. The fraction of sp³-hybridized carbons (Fsp3) is 0.600. The third-order valence-corrected chi connectivity index (χ3v) is 5.20. The molecule has 144 valence electrons. The van der Waals surface area contributed by atoms with E-state index in [-0.39, 0.29) is 29.3 Å². The summed E-state index contributed by atoms with van der Waals surface area (Å²) in [7, 11) is 0. The molecule has 0 bridgehead atoms. The Hall–Kier alpha value is -1.40. The highest BCUT2D eigenvalue weighted by molar-refractivity contribution is 8.93. The number of halogens is 1. The quantitative estimate of drug-likeness (QED) is 0.799. The number of rotatable bonds is 5. The molecular formula is C20H31BrN4O. The molecule has 0 spiro atoms. The van der Waals surface area contributed by atoms with Gasteiger partial charge in [0.2, 0.25) is 5.62 Å². The first-order valence-electron chi connectivity index (χ1n) is 9.36. The van der Waals surface area contributed by atoms with E-state index in [1.807, 2.05) is 43.5 Å². The lowest BCUT2D eigenvalue weighted by atomic mass is 9.91. The van der Waals surface area contributed by atoms with Gasteiger partial charge in [0.15, 0.2) is 5.78 Å². The van der Waals surface area contributed by atoms with E-state index in [4.69, 9.17) is 5.41 Å². The van der Waals surface area contributed by atoms with Gasteiger partial charge in [-0.15, -0.1) is 17.0 Å². The van der Waals surface area contributed by atoms with Crippen LogP contribution in [0.2, 0.25) is 0 Å². The van der Waals surface area contributed by atoms with Crippen LogP contribution in [-0.2, 0) is 17.9 Å². The minimum atomic E-state index is -0.392. The first-order valence-corrected chi connectivity index (χ1v) is 9.36. The number of ketones is 1. The number of imidazole rings is 1. The Labute approximate surface area is 166 Å². The van der Waals surface area contributed by atoms with Crippen LogP contribution in [0.3, 0.4) is 0 Å². The second-order valence-corrected chi connectivity index (χ2v) is 8.13. The second kappa shape index (κ2) is 8.53. The van der Waals surface area contributed by atoms with Crippen molar-refractivity contribution in [2.75, 3.05) is 19.6 Å². The molecule has 1 fully saturated rings. The molecule has 0 atom stereocenters. The number of Topliss-reactive ketones (excluding diaryl/α,β-unsaturated/α-hetero) is 1. The number of benzene rings is 1. The smallest absolute Gasteiger partial charge is 0.203 e. The van der Waals surface area contributed by atoms with Crippen molar-refractivity contribution in [2.24, 2.45) is 5.41 Å². The van der Waals surface area contributed by atoms with Crippen molar-refractivity contribution >= 4 is 33.8 Å². The lowest BCUT2D eigenvalue weighted by Gasteiger charge is -2.26. The summed E-state index contributed by atoms with van der Waals surface area (Å²) in [6.07, 6.45) is 3.89. The molecule has 1 saturated heterocycles. The molecule has 0 aliphatic carbocycles. The number of hydrogen-bond donors (Lipinski definition) is 1. The topological polar surface area (TPSA) is 54.0 Å². The molecule has 0 amide bonds. The number of carbonyl (C=O) groups is 1. The average molecular weight is 423 g/mol. The summed E-state index contributed by atoms with van der Waals surface area (Å²) in [5.74, 6) is 0.157. The van der Waals surface area contributed by atoms with E-state index >= 15 is 0 Å². The number of nitrogens with one attached hydrogen (secondary N) is 1. The van der Waals surface area contributed by atoms with Gasteiger partial charge in [-0.2, -0.15) is 0 Å². The van der Waals surface area contributed by atoms with Crippen molar-refractivity contribution in [1.82, 2.24) is 14.0 Å². The molecule has 0 saturated carbocycles. The second-order valence-electron chi connectivity index (χ2n) is 8.13. The van der Waals surface area contributed by atoms with Crippen LogP contribution in [0.15, 0.2) is 24.3 Å². The molecular weight excluding hydrogens is 392 g/mol. The van der Waals surface area contributed by atoms with E-state index in [1.54, 1.807) is 0 Å². The fourth-order valence-electron chi connectivity index (χ4n) is 3.49. The number of nitrogens with zero attached hydrogens (tertiary/aromatic N) is 3. The third kappa shape index (κ3) is 4.46. The van der Waals surface area contributed by atoms with Crippen molar-refractivity contribution in [3.05, 3.63) is 29.9 Å². The van der Waals surface area contributed by atoms with Crippen LogP contribution < -0.4 is 5.62 Å². The van der Waals surface area contributed by atoms with Gasteiger partial charge < -0.3 is 14.0 Å². The lowest BCUT2D eigenvalue weighted by molar-refractivity contribution is -0.126. The highest BCUT2D eigenvalue weighted by Crippen LogP contribution is 2.18. The van der Waals surface area contributed by atoms with Gasteiger partial charge in [-0.05, 0) is 38.1 Å². The zero-order valence-corrected chi connectivity index (χ0v) is 17.8. The maximum atomic E-state index is 12.5. The average Bonchev–Trinajstić information content (AvgIpc) is 2.85. The Morgan fingerprint density at radius 3 is 2.15 bits per heavy atom. The SMILES string of the molecule is Br.CC(C)(C)C(=O)Cn1c(=N)n(CCN2CCCCC2)c2ccccc21. The summed E-state index contributed by atoms with van der Waals surface area (Å²) in [6, 6.07) is 8.06. The lowest BCUT2D eigenvalue weighted by Crippen LogP contribution is -2.36. The molecule has 0 radical (unpaired) electrons. The van der Waals surface area contributed by atoms with Crippen molar-refractivity contribution < 1.29 is 4.79 Å². The zero-order chi connectivity index (χ0) is 18.0. The van der Waals surface area contributed by atoms with Gasteiger partial charge in [-0.3, -0.25) is 10.2 Å². The van der Waals surface area contributed by atoms with E-state index in [2.05, 4.69) is 15.5 Å². The maximum Gasteiger partial charge on any atom is 0.203 e. The van der Waals surface area contributed by atoms with Crippen LogP contribution in [-0.4, -0.2) is 39.5 Å². The Morgan fingerprint density at radius 1 is 1.00 bits per heavy atom. The molecule has 5 nitrogen and oxygen atoms in total. The summed E-state index contributed by atoms with van der Waals surface area (Å²) >= 11 is 0. The fourth-order valence-corrected chi connectivity index (χ4v) is 3.49. The highest BCUT2D eigenvalue weighted by atomic mass is 79.9. The standard InChI is InChI=1S/C20H30N4O.BrH/c1-20(2,3)18(25)15-24-17-10-6-5-9-16(17)23(19(24)21)14-13-22-11-7-4-8-12-22;/h5-6,9-10,21H,4,7-8,11-15H2,1-3H3;1H. The normalized spacial score (nSPS) is 15.8. The van der Waals surface area contributed by atoms with Gasteiger partial charge in [-0.25, -0.2) is 0 Å². The van der Waals surface area contributed by atoms with Crippen LogP contribution in [0.25, 0.3) is 11.0 Å². The monoisotopic (exact) mass is 422 g/mol. The first kappa shape index (κ1) is 20.9. The molecule has 1 N–H and O–H groups in total. The minimum Gasteiger partial charge on any atom is -0.309 e. The molecule has 3 rings (SSSR count). The Bertz CT molecular complexity index is 809. The van der Waals surface area contributed by atoms with Gasteiger partial charge >= 0.3 is 0 Å². The number of para-hydroxylation sites is 2. The Balaban J connectivity index is 0.00000243. The van der Waals surface area contributed by atoms with Crippen molar-refractivity contribution in [1.29, 1.82) is 5.41 Å². The van der Waals surface area contributed by atoms with Gasteiger partial charge in [0.25, 0.3) is 0 Å². The number of fused-ring (bicyclic) bond motifs is 1. The summed E-state index contributed by atoms with van der Waals surface area (Å²) in [4.78, 5) is 15.0. The summed E-state index contributed by atoms with van der Waals surface area (Å²) in [5.41, 5.74) is 2.06. The van der Waals surface area contributed by atoms with E-state index < -0.39 is 5.41 Å². The summed E-state index contributed by atoms with van der Waals surface area (Å²) < 4.78 is 3.92. The Kier molecular flexibility index (Phi) is 6.86. The Morgan fingerprint density at radius 2 is 1.58 bits per heavy atom. The van der Waals surface area contributed by atoms with E-state index in [1.165, 1.54) is 19.3 Å². The number of piperidine rings is 1. The number of carbonyl (C=O) groups excluding carboxylic acids is 1. The van der Waals surface area contributed by atoms with Crippen LogP contribution in [0.1, 0.15) is 40.0 Å². The van der Waals surface area contributed by atoms with Gasteiger partial charge in [-0.1, -0.05) is 39.3 Å². The molecule has 26 heavy (non-hydrogen) atoms. The molecule has 1 aliphatic rings. The molecule has 2 heterocycles. The molecule has 0 unspecified atom stereocenters. The van der Waals surface area contributed by atoms with Crippen LogP contribution in [0.4, 0.5) is 0 Å². The molecule has 1 aliphatic heterocycles. The zero-order valence-electron chi connectivity index (χ0n) is 16.1. The van der Waals surface area contributed by atoms with Crippen molar-refractivity contribution in [3.8, 4) is 0 Å². The van der Waals surface area contributed by atoms with Crippen molar-refractivity contribution in [3.63, 3.8) is 0 Å². The molecule has 2 aromatic rings. The molecule has 1 aromatic heterocycles. The van der Waals surface area contributed by atoms with Crippen molar-refractivity contribution in [2.45, 2.75) is 53.1 Å². The third-order valence-electron chi connectivity index (χ3n) is 5.20. The predicted octanol–water partition coefficient (Wildman–Crippen LogP) is 3.60. The summed E-state index contributed by atoms with van der Waals surface area (Å²) in [5, 5.41) is 8.65. The van der Waals surface area contributed by atoms with Gasteiger partial charge in [0, 0.05) is 18.5 Å². The van der Waals surface area contributed by atoms with E-state index in [9.17, 15) is 4.79 Å². The minimum absolute atomic E-state index is 0. The van der Waals surface area contributed by atoms with Crippen LogP contribution >= 0.6 is 17.0 Å². The number of likely N-dealkylation sites (tertiary alicyclic amines) is 1. The van der Waals surface area contributed by atoms with E-state index in [0.717, 1.165) is 37.2 Å². The van der Waals surface area contributed by atoms with E-state index in [0.29, 0.717) is 5.62 Å². The number of aromatic nitrogens is 2. The first-order chi connectivity index (χ1) is 11.9. The summed E-state index contributed by atoms with van der Waals surface area (Å²) in [6.45, 7) is 10.2.